The summed E-state index contributed by atoms with van der Waals surface area (Å²) in [5.74, 6) is 0. The fraction of sp³-hybridized carbons (Fsp3) is 0.143. The monoisotopic (exact) mass is 618 g/mol. The fourth-order valence-electron chi connectivity index (χ4n) is 2.59. The van der Waals surface area contributed by atoms with Crippen molar-refractivity contribution in [3.8, 4) is 11.1 Å². The third-order valence-electron chi connectivity index (χ3n) is 3.84. The molecule has 34 heavy (non-hydrogen) atoms. The zero-order valence-electron chi connectivity index (χ0n) is 19.7. The Morgan fingerprint density at radius 1 is 0.618 bits per heavy atom. The molecule has 182 valence electrons. The predicted molar refractivity (Wildman–Crippen MR) is 112 cm³/mol. The van der Waals surface area contributed by atoms with Gasteiger partial charge in [0.15, 0.2) is 0 Å². The third kappa shape index (κ3) is 7.37. The molecule has 12 nitrogen and oxygen atoms in total. The Kier molecular flexibility index (Phi) is 12.3. The van der Waals surface area contributed by atoms with Crippen LogP contribution in [0, 0.1) is 0 Å². The summed E-state index contributed by atoms with van der Waals surface area (Å²) in [6, 6.07) is 2.25. The van der Waals surface area contributed by atoms with Crippen molar-refractivity contribution in [2.75, 3.05) is 14.2 Å². The number of rotatable bonds is 7. The summed E-state index contributed by atoms with van der Waals surface area (Å²) in [7, 11) is -19.3. The van der Waals surface area contributed by atoms with Crippen molar-refractivity contribution >= 4 is 63.7 Å². The molecule has 0 aromatic heterocycles. The molecule has 2 N–H and O–H groups in total. The minimum Gasteiger partial charge on any atom is -1.00 e. The summed E-state index contributed by atoms with van der Waals surface area (Å²) in [6.07, 6.45) is 0. The molecule has 0 aliphatic rings. The third-order valence-corrected chi connectivity index (χ3v) is 8.64. The SMILES string of the molecule is COS(=O)(=O)c1cc(Cl)cc(S(=O)(=O)O)c1-c1c(S(=O)(=O)O)cc(Cl)cc1S(=O)(=O)OC.[H-].[H-].[Na+].[Na+]. The van der Waals surface area contributed by atoms with Crippen LogP contribution < -0.4 is 59.1 Å². The van der Waals surface area contributed by atoms with E-state index in [1.165, 1.54) is 0 Å². The maximum absolute atomic E-state index is 12.5. The summed E-state index contributed by atoms with van der Waals surface area (Å²) >= 11 is 11.5. The van der Waals surface area contributed by atoms with Gasteiger partial charge in [-0.1, -0.05) is 23.2 Å². The summed E-state index contributed by atoms with van der Waals surface area (Å²) in [4.78, 5) is -4.94. The Hall–Kier alpha value is 0.660. The first-order valence-electron chi connectivity index (χ1n) is 7.60. The fourth-order valence-corrected chi connectivity index (χ4v) is 6.73. The van der Waals surface area contributed by atoms with Crippen molar-refractivity contribution < 1.29 is 113 Å². The van der Waals surface area contributed by atoms with Gasteiger partial charge in [0, 0.05) is 21.2 Å². The molecular formula is C14H14Cl2Na2O12S4. The standard InChI is InChI=1S/C14H12Cl2O12S4.2Na.2H/c1-27-31(23,24)11-5-7(15)3-9(29(17,18)19)13(11)14-10(30(20,21)22)4-8(16)6-12(14)32(25,26)28-2;;;;/h3-6H,1-2H3,(H,17,18,19)(H,20,21,22);;;;/q;2*+1;2*-1. The van der Waals surface area contributed by atoms with Crippen LogP contribution in [0.2, 0.25) is 10.0 Å². The zero-order valence-corrected chi connectivity index (χ0v) is 26.5. The van der Waals surface area contributed by atoms with E-state index in [0.29, 0.717) is 38.5 Å². The van der Waals surface area contributed by atoms with Crippen LogP contribution in [0.4, 0.5) is 0 Å². The smallest absolute Gasteiger partial charge is 1.00 e. The second-order valence-electron chi connectivity index (χ2n) is 5.75. The number of halogens is 2. The molecule has 0 saturated heterocycles. The molecule has 0 heterocycles. The minimum absolute atomic E-state index is 0. The molecule has 0 radical (unpaired) electrons. The van der Waals surface area contributed by atoms with Gasteiger partial charge in [0.25, 0.3) is 40.5 Å². The number of hydrogen-bond acceptors (Lipinski definition) is 10. The van der Waals surface area contributed by atoms with Crippen LogP contribution in [-0.2, 0) is 48.8 Å². The molecule has 0 amide bonds. The van der Waals surface area contributed by atoms with Crippen LogP contribution in [0.15, 0.2) is 43.8 Å². The van der Waals surface area contributed by atoms with Crippen LogP contribution in [0.5, 0.6) is 0 Å². The van der Waals surface area contributed by atoms with E-state index >= 15 is 0 Å². The summed E-state index contributed by atoms with van der Waals surface area (Å²) in [6.45, 7) is 0. The zero-order chi connectivity index (χ0) is 24.9. The van der Waals surface area contributed by atoms with E-state index in [4.69, 9.17) is 23.2 Å². The quantitative estimate of drug-likeness (QED) is 0.174. The normalized spacial score (nSPS) is 12.5. The van der Waals surface area contributed by atoms with E-state index < -0.39 is 81.2 Å². The van der Waals surface area contributed by atoms with Crippen molar-refractivity contribution in [2.24, 2.45) is 0 Å². The van der Waals surface area contributed by atoms with Gasteiger partial charge in [0.2, 0.25) is 0 Å². The molecular weight excluding hydrogens is 605 g/mol. The van der Waals surface area contributed by atoms with Gasteiger partial charge in [-0.25, -0.2) is 0 Å². The molecule has 0 spiro atoms. The van der Waals surface area contributed by atoms with Crippen molar-refractivity contribution in [1.82, 2.24) is 0 Å². The van der Waals surface area contributed by atoms with Crippen molar-refractivity contribution in [3.63, 3.8) is 0 Å². The topological polar surface area (TPSA) is 195 Å². The Labute approximate surface area is 253 Å². The Balaban J connectivity index is -0.00000272. The number of hydrogen-bond donors (Lipinski definition) is 2. The number of benzene rings is 2. The molecule has 2 aromatic rings. The van der Waals surface area contributed by atoms with E-state index in [-0.39, 0.29) is 62.0 Å². The van der Waals surface area contributed by atoms with Gasteiger partial charge in [-0.15, -0.1) is 0 Å². The molecule has 0 fully saturated rings. The first-order valence-corrected chi connectivity index (χ1v) is 14.1. The van der Waals surface area contributed by atoms with Crippen molar-refractivity contribution in [2.45, 2.75) is 19.6 Å². The second-order valence-corrected chi connectivity index (χ2v) is 12.8. The molecule has 2 aromatic carbocycles. The molecule has 20 heteroatoms. The van der Waals surface area contributed by atoms with Crippen molar-refractivity contribution in [3.05, 3.63) is 34.3 Å². The van der Waals surface area contributed by atoms with E-state index in [9.17, 15) is 42.8 Å². The van der Waals surface area contributed by atoms with Crippen LogP contribution in [0.25, 0.3) is 11.1 Å². The molecule has 0 aliphatic heterocycles. The Bertz CT molecular complexity index is 1430. The Morgan fingerprint density at radius 3 is 1.06 bits per heavy atom. The van der Waals surface area contributed by atoms with Crippen LogP contribution in [0.1, 0.15) is 2.85 Å². The average molecular weight is 619 g/mol. The predicted octanol–water partition coefficient (Wildman–Crippen LogP) is -3.94. The molecule has 0 atom stereocenters. The first-order chi connectivity index (χ1) is 14.4. The van der Waals surface area contributed by atoms with Crippen LogP contribution >= 0.6 is 23.2 Å². The van der Waals surface area contributed by atoms with Crippen LogP contribution in [0.3, 0.4) is 0 Å². The van der Waals surface area contributed by atoms with Crippen molar-refractivity contribution in [1.29, 1.82) is 0 Å². The molecule has 0 bridgehead atoms. The summed E-state index contributed by atoms with van der Waals surface area (Å²) < 4.78 is 126. The van der Waals surface area contributed by atoms with Gasteiger partial charge >= 0.3 is 59.1 Å². The van der Waals surface area contributed by atoms with Crippen LogP contribution in [-0.4, -0.2) is 57.0 Å². The average Bonchev–Trinajstić information content (AvgIpc) is 2.65. The van der Waals surface area contributed by atoms with Gasteiger partial charge in [0.1, 0.15) is 19.6 Å². The maximum Gasteiger partial charge on any atom is 1.00 e. The second kappa shape index (κ2) is 12.0. The molecule has 2 rings (SSSR count). The van der Waals surface area contributed by atoms with E-state index in [1.807, 2.05) is 0 Å². The molecule has 0 saturated carbocycles. The Morgan fingerprint density at radius 2 is 0.853 bits per heavy atom. The summed E-state index contributed by atoms with van der Waals surface area (Å²) in [5.41, 5.74) is -2.39. The molecule has 0 unspecified atom stereocenters. The maximum atomic E-state index is 12.5. The minimum atomic E-state index is -5.39. The van der Waals surface area contributed by atoms with E-state index in [1.54, 1.807) is 0 Å². The van der Waals surface area contributed by atoms with E-state index in [0.717, 1.165) is 0 Å². The van der Waals surface area contributed by atoms with Gasteiger partial charge in [-0.05, 0) is 24.3 Å². The van der Waals surface area contributed by atoms with Gasteiger partial charge < -0.3 is 2.85 Å². The van der Waals surface area contributed by atoms with Gasteiger partial charge in [-0.2, -0.15) is 33.7 Å². The molecule has 0 aliphatic carbocycles. The summed E-state index contributed by atoms with van der Waals surface area (Å²) in [5, 5.41) is -1.15. The van der Waals surface area contributed by atoms with E-state index in [2.05, 4.69) is 8.37 Å². The largest absolute Gasteiger partial charge is 1.00 e. The van der Waals surface area contributed by atoms with Gasteiger partial charge in [0.05, 0.1) is 14.2 Å². The van der Waals surface area contributed by atoms with Gasteiger partial charge in [-0.3, -0.25) is 17.5 Å². The first kappa shape index (κ1) is 34.7.